The Morgan fingerprint density at radius 1 is 1.22 bits per heavy atom. The van der Waals surface area contributed by atoms with Crippen LogP contribution in [0.25, 0.3) is 11.4 Å². The second-order valence-electron chi connectivity index (χ2n) is 6.41. The summed E-state index contributed by atoms with van der Waals surface area (Å²) in [5.41, 5.74) is 3.10. The molecule has 1 aliphatic rings. The van der Waals surface area contributed by atoms with E-state index in [9.17, 15) is 5.11 Å². The Labute approximate surface area is 137 Å². The van der Waals surface area contributed by atoms with Crippen molar-refractivity contribution in [3.05, 3.63) is 35.8 Å². The van der Waals surface area contributed by atoms with Crippen molar-refractivity contribution in [3.63, 3.8) is 0 Å². The molecule has 2 aromatic heterocycles. The topological polar surface area (TPSA) is 62.1 Å². The van der Waals surface area contributed by atoms with Crippen LogP contribution in [-0.2, 0) is 0 Å². The van der Waals surface area contributed by atoms with Crippen molar-refractivity contribution < 1.29 is 5.11 Å². The average molecular weight is 312 g/mol. The number of anilines is 1. The number of rotatable bonds is 3. The number of aromatic nitrogens is 3. The van der Waals surface area contributed by atoms with Crippen LogP contribution in [0.4, 0.5) is 5.82 Å². The van der Waals surface area contributed by atoms with Crippen molar-refractivity contribution in [2.24, 2.45) is 5.92 Å². The van der Waals surface area contributed by atoms with E-state index in [4.69, 9.17) is 4.98 Å². The highest BCUT2D eigenvalue weighted by molar-refractivity contribution is 5.60. The van der Waals surface area contributed by atoms with Gasteiger partial charge in [-0.2, -0.15) is 0 Å². The van der Waals surface area contributed by atoms with Gasteiger partial charge in [-0.15, -0.1) is 0 Å². The zero-order valence-corrected chi connectivity index (χ0v) is 14.0. The fourth-order valence-corrected chi connectivity index (χ4v) is 3.15. The number of aliphatic hydroxyl groups excluding tert-OH is 1. The molecule has 122 valence electrons. The van der Waals surface area contributed by atoms with Gasteiger partial charge in [-0.25, -0.2) is 9.97 Å². The molecule has 5 heteroatoms. The summed E-state index contributed by atoms with van der Waals surface area (Å²) < 4.78 is 0. The summed E-state index contributed by atoms with van der Waals surface area (Å²) in [6, 6.07) is 3.87. The Hall–Kier alpha value is -2.01. The smallest absolute Gasteiger partial charge is 0.161 e. The van der Waals surface area contributed by atoms with Gasteiger partial charge < -0.3 is 10.0 Å². The Morgan fingerprint density at radius 2 is 1.96 bits per heavy atom. The predicted octanol–water partition coefficient (Wildman–Crippen LogP) is 2.75. The van der Waals surface area contributed by atoms with Crippen molar-refractivity contribution in [2.75, 3.05) is 18.0 Å². The summed E-state index contributed by atoms with van der Waals surface area (Å²) in [7, 11) is 0. The molecule has 0 aliphatic carbocycles. The lowest BCUT2D eigenvalue weighted by Crippen LogP contribution is -2.40. The quantitative estimate of drug-likeness (QED) is 0.944. The maximum atomic E-state index is 9.93. The monoisotopic (exact) mass is 312 g/mol. The number of pyridine rings is 1. The van der Waals surface area contributed by atoms with Crippen LogP contribution < -0.4 is 4.90 Å². The Balaban J connectivity index is 1.97. The molecule has 0 bridgehead atoms. The first-order chi connectivity index (χ1) is 11.1. The number of hydrogen-bond donors (Lipinski definition) is 1. The molecule has 0 amide bonds. The van der Waals surface area contributed by atoms with Crippen LogP contribution in [-0.4, -0.2) is 39.3 Å². The zero-order chi connectivity index (χ0) is 16.4. The van der Waals surface area contributed by atoms with Gasteiger partial charge in [0.1, 0.15) is 5.82 Å². The average Bonchev–Trinajstić information content (AvgIpc) is 2.58. The number of aliphatic hydroxyl groups is 1. The van der Waals surface area contributed by atoms with Crippen LogP contribution in [0.1, 0.15) is 31.0 Å². The molecule has 2 unspecified atom stereocenters. The molecule has 3 rings (SSSR count). The molecule has 1 N–H and O–H groups in total. The minimum absolute atomic E-state index is 0.277. The lowest BCUT2D eigenvalue weighted by Gasteiger charge is -2.36. The molecule has 0 radical (unpaired) electrons. The molecule has 2 aromatic rings. The minimum atomic E-state index is -0.277. The number of piperidine rings is 1. The molecule has 0 spiro atoms. The van der Waals surface area contributed by atoms with E-state index in [1.54, 1.807) is 12.4 Å². The van der Waals surface area contributed by atoms with Gasteiger partial charge in [0, 0.05) is 48.2 Å². The molecule has 5 nitrogen and oxygen atoms in total. The molecule has 1 fully saturated rings. The van der Waals surface area contributed by atoms with E-state index in [2.05, 4.69) is 21.8 Å². The second-order valence-corrected chi connectivity index (χ2v) is 6.41. The summed E-state index contributed by atoms with van der Waals surface area (Å²) >= 11 is 0. The lowest BCUT2D eigenvalue weighted by atomic mass is 9.93. The van der Waals surface area contributed by atoms with E-state index >= 15 is 0 Å². The highest BCUT2D eigenvalue weighted by atomic mass is 16.3. The standard InChI is InChI=1S/C18H24N4O/c1-12-13(2)20-17(15-6-8-19-9-7-15)21-18(12)22-10-4-5-16(11-22)14(3)23/h6-9,14,16,23H,4-5,10-11H2,1-3H3. The third-order valence-corrected chi connectivity index (χ3v) is 4.74. The maximum absolute atomic E-state index is 9.93. The van der Waals surface area contributed by atoms with Crippen LogP contribution in [0, 0.1) is 19.8 Å². The van der Waals surface area contributed by atoms with E-state index in [1.165, 1.54) is 0 Å². The van der Waals surface area contributed by atoms with Crippen molar-refractivity contribution in [3.8, 4) is 11.4 Å². The van der Waals surface area contributed by atoms with E-state index in [0.29, 0.717) is 5.92 Å². The summed E-state index contributed by atoms with van der Waals surface area (Å²) in [5, 5.41) is 9.93. The van der Waals surface area contributed by atoms with Gasteiger partial charge in [-0.1, -0.05) is 0 Å². The van der Waals surface area contributed by atoms with Gasteiger partial charge >= 0.3 is 0 Å². The van der Waals surface area contributed by atoms with Crippen LogP contribution in [0.3, 0.4) is 0 Å². The third-order valence-electron chi connectivity index (χ3n) is 4.74. The van der Waals surface area contributed by atoms with Gasteiger partial charge in [0.25, 0.3) is 0 Å². The third kappa shape index (κ3) is 3.34. The first-order valence-electron chi connectivity index (χ1n) is 8.25. The molecule has 3 heterocycles. The van der Waals surface area contributed by atoms with E-state index in [0.717, 1.165) is 54.4 Å². The molecule has 0 saturated carbocycles. The van der Waals surface area contributed by atoms with E-state index in [1.807, 2.05) is 26.0 Å². The molecule has 0 aromatic carbocycles. The second kappa shape index (κ2) is 6.62. The first kappa shape index (κ1) is 15.9. The van der Waals surface area contributed by atoms with Crippen LogP contribution in [0.2, 0.25) is 0 Å². The fraction of sp³-hybridized carbons (Fsp3) is 0.500. The van der Waals surface area contributed by atoms with Gasteiger partial charge in [-0.3, -0.25) is 4.98 Å². The van der Waals surface area contributed by atoms with E-state index in [-0.39, 0.29) is 6.10 Å². The highest BCUT2D eigenvalue weighted by Gasteiger charge is 2.26. The van der Waals surface area contributed by atoms with Gasteiger partial charge in [0.05, 0.1) is 6.10 Å². The normalized spacial score (nSPS) is 19.7. The SMILES string of the molecule is Cc1nc(-c2ccncc2)nc(N2CCCC(C(C)O)C2)c1C. The summed E-state index contributed by atoms with van der Waals surface area (Å²) in [5.74, 6) is 2.04. The fourth-order valence-electron chi connectivity index (χ4n) is 3.15. The summed E-state index contributed by atoms with van der Waals surface area (Å²) in [6.07, 6.45) is 5.41. The van der Waals surface area contributed by atoms with Crippen molar-refractivity contribution in [1.82, 2.24) is 15.0 Å². The first-order valence-corrected chi connectivity index (χ1v) is 8.25. The summed E-state index contributed by atoms with van der Waals surface area (Å²) in [4.78, 5) is 15.8. The van der Waals surface area contributed by atoms with Crippen molar-refractivity contribution in [1.29, 1.82) is 0 Å². The van der Waals surface area contributed by atoms with Gasteiger partial charge in [0.15, 0.2) is 5.82 Å². The molecule has 23 heavy (non-hydrogen) atoms. The van der Waals surface area contributed by atoms with Crippen molar-refractivity contribution in [2.45, 2.75) is 39.7 Å². The number of nitrogens with zero attached hydrogens (tertiary/aromatic N) is 4. The van der Waals surface area contributed by atoms with Crippen LogP contribution >= 0.6 is 0 Å². The van der Waals surface area contributed by atoms with Gasteiger partial charge in [0.2, 0.25) is 0 Å². The predicted molar refractivity (Wildman–Crippen MR) is 91.4 cm³/mol. The summed E-state index contributed by atoms with van der Waals surface area (Å²) in [6.45, 7) is 7.82. The largest absolute Gasteiger partial charge is 0.393 e. The Morgan fingerprint density at radius 3 is 2.65 bits per heavy atom. The molecule has 1 aliphatic heterocycles. The minimum Gasteiger partial charge on any atom is -0.393 e. The molecule has 2 atom stereocenters. The number of aryl methyl sites for hydroxylation is 1. The van der Waals surface area contributed by atoms with Crippen molar-refractivity contribution >= 4 is 5.82 Å². The van der Waals surface area contributed by atoms with E-state index < -0.39 is 0 Å². The van der Waals surface area contributed by atoms with Gasteiger partial charge in [-0.05, 0) is 45.7 Å². The lowest BCUT2D eigenvalue weighted by molar-refractivity contribution is 0.115. The molecule has 1 saturated heterocycles. The highest BCUT2D eigenvalue weighted by Crippen LogP contribution is 2.29. The molecular formula is C18H24N4O. The van der Waals surface area contributed by atoms with Crippen LogP contribution in [0.15, 0.2) is 24.5 Å². The Kier molecular flexibility index (Phi) is 4.57. The Bertz CT molecular complexity index is 672. The maximum Gasteiger partial charge on any atom is 0.161 e. The number of hydrogen-bond acceptors (Lipinski definition) is 5. The van der Waals surface area contributed by atoms with Crippen LogP contribution in [0.5, 0.6) is 0 Å². The zero-order valence-electron chi connectivity index (χ0n) is 14.0. The molecular weight excluding hydrogens is 288 g/mol.